The van der Waals surface area contributed by atoms with Gasteiger partial charge in [-0.15, -0.1) is 0 Å². The van der Waals surface area contributed by atoms with Crippen molar-refractivity contribution in [3.63, 3.8) is 0 Å². The number of anilines is 2. The summed E-state index contributed by atoms with van der Waals surface area (Å²) in [6, 6.07) is 6.39. The molecule has 0 bridgehead atoms. The number of carbonyl (C=O) groups excluding carboxylic acids is 2. The Morgan fingerprint density at radius 2 is 1.40 bits per heavy atom. The second kappa shape index (κ2) is 6.79. The van der Waals surface area contributed by atoms with E-state index in [9.17, 15) is 9.59 Å². The van der Waals surface area contributed by atoms with Crippen molar-refractivity contribution >= 4 is 23.4 Å². The highest BCUT2D eigenvalue weighted by Gasteiger charge is 2.13. The van der Waals surface area contributed by atoms with E-state index in [1.54, 1.807) is 24.3 Å². The lowest BCUT2D eigenvalue weighted by atomic mass is 10.1. The summed E-state index contributed by atoms with van der Waals surface area (Å²) in [5, 5.41) is 10.8. The Kier molecular flexibility index (Phi) is 5.37. The maximum Gasteiger partial charge on any atom is 0.319 e. The highest BCUT2D eigenvalue weighted by Crippen LogP contribution is 2.13. The molecule has 0 aliphatic heterocycles. The summed E-state index contributed by atoms with van der Waals surface area (Å²) >= 11 is 0. The van der Waals surface area contributed by atoms with Gasteiger partial charge in [0.15, 0.2) is 0 Å². The van der Waals surface area contributed by atoms with Crippen LogP contribution in [-0.4, -0.2) is 24.1 Å². The third-order valence-electron chi connectivity index (χ3n) is 2.23. The van der Waals surface area contributed by atoms with E-state index in [4.69, 9.17) is 0 Å². The fourth-order valence-corrected chi connectivity index (χ4v) is 1.48. The van der Waals surface area contributed by atoms with Crippen LogP contribution in [0.25, 0.3) is 0 Å². The number of hydrogen-bond acceptors (Lipinski definition) is 2. The molecule has 4 amide bonds. The standard InChI is InChI=1S/C14H22N4O2/c1-5-15-12(19)16-10-6-8-11(9-7-10)17-13(20)18-14(2,3)4/h6-9H,5H2,1-4H3,(H2,15,16,19)(H2,17,18,20). The maximum absolute atomic E-state index is 11.7. The van der Waals surface area contributed by atoms with E-state index < -0.39 is 0 Å². The Labute approximate surface area is 119 Å². The first-order valence-electron chi connectivity index (χ1n) is 6.54. The van der Waals surface area contributed by atoms with E-state index in [-0.39, 0.29) is 17.6 Å². The Morgan fingerprint density at radius 1 is 0.950 bits per heavy atom. The zero-order chi connectivity index (χ0) is 15.2. The second-order valence-corrected chi connectivity index (χ2v) is 5.39. The Morgan fingerprint density at radius 3 is 1.80 bits per heavy atom. The van der Waals surface area contributed by atoms with Gasteiger partial charge in [-0.3, -0.25) is 0 Å². The number of amides is 4. The minimum absolute atomic E-state index is 0.251. The smallest absolute Gasteiger partial charge is 0.319 e. The van der Waals surface area contributed by atoms with E-state index in [0.717, 1.165) is 0 Å². The summed E-state index contributed by atoms with van der Waals surface area (Å²) in [6.45, 7) is 8.14. The van der Waals surface area contributed by atoms with Crippen molar-refractivity contribution in [2.75, 3.05) is 17.2 Å². The van der Waals surface area contributed by atoms with E-state index in [1.807, 2.05) is 27.7 Å². The Bertz CT molecular complexity index is 463. The zero-order valence-corrected chi connectivity index (χ0v) is 12.3. The molecule has 0 heterocycles. The molecule has 0 unspecified atom stereocenters. The predicted octanol–water partition coefficient (Wildman–Crippen LogP) is 2.75. The molecule has 0 spiro atoms. The average Bonchev–Trinajstić information content (AvgIpc) is 2.29. The van der Waals surface area contributed by atoms with Crippen LogP contribution in [0.15, 0.2) is 24.3 Å². The third-order valence-corrected chi connectivity index (χ3v) is 2.23. The van der Waals surface area contributed by atoms with Crippen molar-refractivity contribution in [2.24, 2.45) is 0 Å². The quantitative estimate of drug-likeness (QED) is 0.685. The molecule has 110 valence electrons. The van der Waals surface area contributed by atoms with Crippen molar-refractivity contribution in [1.29, 1.82) is 0 Å². The van der Waals surface area contributed by atoms with Crippen LogP contribution in [0.1, 0.15) is 27.7 Å². The first kappa shape index (κ1) is 15.8. The molecule has 0 aliphatic rings. The molecule has 1 aromatic carbocycles. The zero-order valence-electron chi connectivity index (χ0n) is 12.3. The van der Waals surface area contributed by atoms with Gasteiger partial charge in [-0.25, -0.2) is 9.59 Å². The first-order valence-corrected chi connectivity index (χ1v) is 6.54. The largest absolute Gasteiger partial charge is 0.338 e. The third kappa shape index (κ3) is 6.08. The molecule has 4 N–H and O–H groups in total. The number of nitrogens with one attached hydrogen (secondary N) is 4. The Hall–Kier alpha value is -2.24. The molecule has 0 fully saturated rings. The van der Waals surface area contributed by atoms with Gasteiger partial charge >= 0.3 is 12.1 Å². The lowest BCUT2D eigenvalue weighted by Gasteiger charge is -2.20. The number of urea groups is 2. The summed E-state index contributed by atoms with van der Waals surface area (Å²) in [7, 11) is 0. The van der Waals surface area contributed by atoms with Crippen molar-refractivity contribution in [1.82, 2.24) is 10.6 Å². The normalized spacial score (nSPS) is 10.6. The molecular weight excluding hydrogens is 256 g/mol. The molecular formula is C14H22N4O2. The number of carbonyl (C=O) groups is 2. The summed E-state index contributed by atoms with van der Waals surface area (Å²) in [5.74, 6) is 0. The predicted molar refractivity (Wildman–Crippen MR) is 81.0 cm³/mol. The molecule has 0 aromatic heterocycles. The molecule has 0 aliphatic carbocycles. The SMILES string of the molecule is CCNC(=O)Nc1ccc(NC(=O)NC(C)(C)C)cc1. The van der Waals surface area contributed by atoms with E-state index in [1.165, 1.54) is 0 Å². The van der Waals surface area contributed by atoms with Crippen LogP contribution in [0.4, 0.5) is 21.0 Å². The fourth-order valence-electron chi connectivity index (χ4n) is 1.48. The second-order valence-electron chi connectivity index (χ2n) is 5.39. The van der Waals surface area contributed by atoms with Crippen LogP contribution in [0.5, 0.6) is 0 Å². The van der Waals surface area contributed by atoms with Crippen molar-refractivity contribution in [2.45, 2.75) is 33.2 Å². The molecule has 1 aromatic rings. The summed E-state index contributed by atoms with van der Waals surface area (Å²) in [4.78, 5) is 23.0. The average molecular weight is 278 g/mol. The highest BCUT2D eigenvalue weighted by atomic mass is 16.2. The van der Waals surface area contributed by atoms with E-state index >= 15 is 0 Å². The fraction of sp³-hybridized carbons (Fsp3) is 0.429. The van der Waals surface area contributed by atoms with Crippen molar-refractivity contribution in [3.05, 3.63) is 24.3 Å². The number of rotatable bonds is 3. The van der Waals surface area contributed by atoms with Crippen LogP contribution >= 0.6 is 0 Å². The summed E-state index contributed by atoms with van der Waals surface area (Å²) in [6.07, 6.45) is 0. The molecule has 1 rings (SSSR count). The molecule has 0 atom stereocenters. The minimum Gasteiger partial charge on any atom is -0.338 e. The minimum atomic E-state index is -0.288. The molecule has 0 saturated carbocycles. The molecule has 6 heteroatoms. The molecule has 0 radical (unpaired) electrons. The highest BCUT2D eigenvalue weighted by molar-refractivity contribution is 5.91. The van der Waals surface area contributed by atoms with Gasteiger partial charge in [-0.1, -0.05) is 0 Å². The van der Waals surface area contributed by atoms with Gasteiger partial charge in [0.1, 0.15) is 0 Å². The van der Waals surface area contributed by atoms with Crippen molar-refractivity contribution < 1.29 is 9.59 Å². The number of hydrogen-bond donors (Lipinski definition) is 4. The van der Waals surface area contributed by atoms with E-state index in [0.29, 0.717) is 17.9 Å². The van der Waals surface area contributed by atoms with Gasteiger partial charge in [-0.2, -0.15) is 0 Å². The molecule has 6 nitrogen and oxygen atoms in total. The summed E-state index contributed by atoms with van der Waals surface area (Å²) in [5.41, 5.74) is 1.04. The van der Waals surface area contributed by atoms with Crippen molar-refractivity contribution in [3.8, 4) is 0 Å². The van der Waals surface area contributed by atoms with E-state index in [2.05, 4.69) is 21.3 Å². The Balaban J connectivity index is 2.54. The number of benzene rings is 1. The topological polar surface area (TPSA) is 82.3 Å². The molecule has 20 heavy (non-hydrogen) atoms. The van der Waals surface area contributed by atoms with Gasteiger partial charge in [0.25, 0.3) is 0 Å². The molecule has 0 saturated heterocycles. The van der Waals surface area contributed by atoms with Crippen LogP contribution < -0.4 is 21.3 Å². The summed E-state index contributed by atoms with van der Waals surface area (Å²) < 4.78 is 0. The van der Waals surface area contributed by atoms with Crippen LogP contribution in [0.2, 0.25) is 0 Å². The van der Waals surface area contributed by atoms with Crippen LogP contribution in [0, 0.1) is 0 Å². The lowest BCUT2D eigenvalue weighted by molar-refractivity contribution is 0.243. The maximum atomic E-state index is 11.7. The van der Waals surface area contributed by atoms with Gasteiger partial charge in [-0.05, 0) is 52.0 Å². The first-order chi connectivity index (χ1) is 9.30. The van der Waals surface area contributed by atoms with Gasteiger partial charge in [0, 0.05) is 23.5 Å². The van der Waals surface area contributed by atoms with Crippen LogP contribution in [0.3, 0.4) is 0 Å². The van der Waals surface area contributed by atoms with Crippen LogP contribution in [-0.2, 0) is 0 Å². The van der Waals surface area contributed by atoms with Gasteiger partial charge in [0.05, 0.1) is 0 Å². The monoisotopic (exact) mass is 278 g/mol. The van der Waals surface area contributed by atoms with Gasteiger partial charge < -0.3 is 21.3 Å². The van der Waals surface area contributed by atoms with Gasteiger partial charge in [0.2, 0.25) is 0 Å². The lowest BCUT2D eigenvalue weighted by Crippen LogP contribution is -2.43.